The molecule has 1 fully saturated rings. The number of benzene rings is 2. The van der Waals surface area contributed by atoms with Gasteiger partial charge in [0.15, 0.2) is 0 Å². The van der Waals surface area contributed by atoms with Crippen LogP contribution in [-0.2, 0) is 0 Å². The number of allylic oxidation sites excluding steroid dienone is 1. The Morgan fingerprint density at radius 3 is 2.44 bits per heavy atom. The van der Waals surface area contributed by atoms with Crippen LogP contribution in [0.4, 0.5) is 0 Å². The van der Waals surface area contributed by atoms with Crippen LogP contribution < -0.4 is 4.74 Å². The predicted octanol–water partition coefficient (Wildman–Crippen LogP) is 6.67. The van der Waals surface area contributed by atoms with Crippen molar-refractivity contribution in [2.75, 3.05) is 19.6 Å². The lowest BCUT2D eigenvalue weighted by Crippen LogP contribution is -2.29. The van der Waals surface area contributed by atoms with Gasteiger partial charge in [0.2, 0.25) is 0 Å². The molecule has 1 aliphatic rings. The van der Waals surface area contributed by atoms with Crippen LogP contribution in [0.15, 0.2) is 48.5 Å². The fourth-order valence-corrected chi connectivity index (χ4v) is 3.44. The molecule has 0 aromatic heterocycles. The van der Waals surface area contributed by atoms with Crippen molar-refractivity contribution in [1.82, 2.24) is 4.90 Å². The maximum atomic E-state index is 6.15. The highest BCUT2D eigenvalue weighted by molar-refractivity contribution is 6.35. The van der Waals surface area contributed by atoms with Gasteiger partial charge in [0.25, 0.3) is 0 Å². The summed E-state index contributed by atoms with van der Waals surface area (Å²) in [6.07, 6.45) is 6.34. The van der Waals surface area contributed by atoms with Gasteiger partial charge in [-0.05, 0) is 74.3 Å². The van der Waals surface area contributed by atoms with Gasteiger partial charge in [-0.1, -0.05) is 47.8 Å². The Morgan fingerprint density at radius 1 is 1.04 bits per heavy atom. The van der Waals surface area contributed by atoms with E-state index in [2.05, 4.69) is 30.0 Å². The highest BCUT2D eigenvalue weighted by Gasteiger charge is 2.08. The third-order valence-corrected chi connectivity index (χ3v) is 5.07. The van der Waals surface area contributed by atoms with Crippen LogP contribution >= 0.6 is 23.2 Å². The minimum atomic E-state index is 0.509. The molecule has 2 nitrogen and oxygen atoms in total. The first-order valence-corrected chi connectivity index (χ1v) is 9.50. The Kier molecular flexibility index (Phi) is 6.41. The summed E-state index contributed by atoms with van der Waals surface area (Å²) in [6, 6.07) is 13.3. The molecule has 2 aromatic carbocycles. The minimum Gasteiger partial charge on any atom is -0.456 e. The van der Waals surface area contributed by atoms with Crippen LogP contribution in [-0.4, -0.2) is 24.5 Å². The first kappa shape index (κ1) is 18.3. The molecule has 25 heavy (non-hydrogen) atoms. The van der Waals surface area contributed by atoms with Crippen LogP contribution in [0.2, 0.25) is 10.0 Å². The van der Waals surface area contributed by atoms with Crippen molar-refractivity contribution in [3.05, 3.63) is 64.1 Å². The molecule has 0 radical (unpaired) electrons. The average molecular weight is 376 g/mol. The van der Waals surface area contributed by atoms with Gasteiger partial charge in [0.05, 0.1) is 5.02 Å². The molecule has 0 saturated carbocycles. The highest BCUT2D eigenvalue weighted by atomic mass is 35.5. The zero-order chi connectivity index (χ0) is 17.6. The van der Waals surface area contributed by atoms with E-state index in [1.54, 1.807) is 18.2 Å². The lowest BCUT2D eigenvalue weighted by atomic mass is 10.1. The van der Waals surface area contributed by atoms with E-state index in [1.165, 1.54) is 43.5 Å². The predicted molar refractivity (Wildman–Crippen MR) is 107 cm³/mol. The Balaban J connectivity index is 1.62. The zero-order valence-electron chi connectivity index (χ0n) is 14.5. The molecule has 0 atom stereocenters. The van der Waals surface area contributed by atoms with E-state index < -0.39 is 0 Å². The molecule has 0 bridgehead atoms. The van der Waals surface area contributed by atoms with Gasteiger partial charge in [0.1, 0.15) is 11.5 Å². The van der Waals surface area contributed by atoms with Crippen molar-refractivity contribution < 1.29 is 4.74 Å². The second-order valence-corrected chi connectivity index (χ2v) is 7.29. The summed E-state index contributed by atoms with van der Waals surface area (Å²) >= 11 is 12.1. The van der Waals surface area contributed by atoms with Gasteiger partial charge in [-0.2, -0.15) is 0 Å². The monoisotopic (exact) mass is 375 g/mol. The average Bonchev–Trinajstić information content (AvgIpc) is 2.63. The second kappa shape index (κ2) is 8.75. The Labute approximate surface area is 160 Å². The van der Waals surface area contributed by atoms with Gasteiger partial charge in [-0.25, -0.2) is 0 Å². The van der Waals surface area contributed by atoms with Gasteiger partial charge in [0, 0.05) is 11.6 Å². The minimum absolute atomic E-state index is 0.509. The van der Waals surface area contributed by atoms with Crippen molar-refractivity contribution >= 4 is 28.8 Å². The second-order valence-electron chi connectivity index (χ2n) is 6.45. The molecule has 4 heteroatoms. The molecule has 0 unspecified atom stereocenters. The number of ether oxygens (including phenoxy) is 1. The van der Waals surface area contributed by atoms with Crippen molar-refractivity contribution in [2.45, 2.75) is 26.2 Å². The summed E-state index contributed by atoms with van der Waals surface area (Å²) in [5.41, 5.74) is 2.51. The van der Waals surface area contributed by atoms with Crippen LogP contribution in [0, 0.1) is 0 Å². The molecule has 2 aromatic rings. The van der Waals surface area contributed by atoms with Crippen molar-refractivity contribution in [1.29, 1.82) is 0 Å². The number of hydrogen-bond donors (Lipinski definition) is 0. The quantitative estimate of drug-likeness (QED) is 0.577. The fourth-order valence-electron chi connectivity index (χ4n) is 3.00. The zero-order valence-corrected chi connectivity index (χ0v) is 16.0. The Morgan fingerprint density at radius 2 is 1.76 bits per heavy atom. The SMILES string of the molecule is C/C(=C/CN1CCCCC1)c1ccc(Oc2ccc(Cl)cc2Cl)cc1. The first-order chi connectivity index (χ1) is 12.1. The summed E-state index contributed by atoms with van der Waals surface area (Å²) < 4.78 is 5.84. The highest BCUT2D eigenvalue weighted by Crippen LogP contribution is 2.32. The fraction of sp³-hybridized carbons (Fsp3) is 0.333. The van der Waals surface area contributed by atoms with Gasteiger partial charge < -0.3 is 4.74 Å². The summed E-state index contributed by atoms with van der Waals surface area (Å²) in [5, 5.41) is 1.11. The van der Waals surface area contributed by atoms with Crippen molar-refractivity contribution in [3.63, 3.8) is 0 Å². The third-order valence-electron chi connectivity index (χ3n) is 4.54. The van der Waals surface area contributed by atoms with Crippen LogP contribution in [0.1, 0.15) is 31.7 Å². The van der Waals surface area contributed by atoms with E-state index >= 15 is 0 Å². The molecule has 0 spiro atoms. The molecule has 1 saturated heterocycles. The third kappa shape index (κ3) is 5.24. The molecule has 0 amide bonds. The molecular weight excluding hydrogens is 353 g/mol. The maximum absolute atomic E-state index is 6.15. The molecular formula is C21H23Cl2NO. The molecule has 1 heterocycles. The topological polar surface area (TPSA) is 12.5 Å². The molecule has 3 rings (SSSR count). The summed E-state index contributed by atoms with van der Waals surface area (Å²) in [5.74, 6) is 1.37. The number of nitrogens with zero attached hydrogens (tertiary/aromatic N) is 1. The van der Waals surface area contributed by atoms with Crippen LogP contribution in [0.25, 0.3) is 5.57 Å². The van der Waals surface area contributed by atoms with Gasteiger partial charge >= 0.3 is 0 Å². The number of hydrogen-bond acceptors (Lipinski definition) is 2. The van der Waals surface area contributed by atoms with Crippen molar-refractivity contribution in [3.8, 4) is 11.5 Å². The van der Waals surface area contributed by atoms with Gasteiger partial charge in [-0.15, -0.1) is 0 Å². The number of likely N-dealkylation sites (tertiary alicyclic amines) is 1. The first-order valence-electron chi connectivity index (χ1n) is 8.74. The normalized spacial score (nSPS) is 16.0. The lowest BCUT2D eigenvalue weighted by molar-refractivity contribution is 0.251. The van der Waals surface area contributed by atoms with E-state index in [1.807, 2.05) is 12.1 Å². The maximum Gasteiger partial charge on any atom is 0.146 e. The summed E-state index contributed by atoms with van der Waals surface area (Å²) in [4.78, 5) is 2.52. The van der Waals surface area contributed by atoms with Gasteiger partial charge in [-0.3, -0.25) is 4.90 Å². The van der Waals surface area contributed by atoms with E-state index in [9.17, 15) is 0 Å². The Hall–Kier alpha value is -1.48. The molecule has 0 aliphatic carbocycles. The summed E-state index contributed by atoms with van der Waals surface area (Å²) in [7, 11) is 0. The van der Waals surface area contributed by atoms with E-state index in [-0.39, 0.29) is 0 Å². The Bertz CT molecular complexity index is 734. The summed E-state index contributed by atoms with van der Waals surface area (Å²) in [6.45, 7) is 5.64. The van der Waals surface area contributed by atoms with E-state index in [0.717, 1.165) is 12.3 Å². The number of halogens is 2. The molecule has 0 N–H and O–H groups in total. The number of rotatable bonds is 5. The standard InChI is InChI=1S/C21H23Cl2NO/c1-16(11-14-24-12-3-2-4-13-24)17-5-8-19(9-6-17)25-21-10-7-18(22)15-20(21)23/h5-11,15H,2-4,12-14H2,1H3/b16-11-. The van der Waals surface area contributed by atoms with Crippen LogP contribution in [0.5, 0.6) is 11.5 Å². The smallest absolute Gasteiger partial charge is 0.146 e. The molecule has 1 aliphatic heterocycles. The van der Waals surface area contributed by atoms with Crippen LogP contribution in [0.3, 0.4) is 0 Å². The van der Waals surface area contributed by atoms with E-state index in [0.29, 0.717) is 15.8 Å². The lowest BCUT2D eigenvalue weighted by Gasteiger charge is -2.25. The number of piperidine rings is 1. The molecule has 132 valence electrons. The largest absolute Gasteiger partial charge is 0.456 e. The van der Waals surface area contributed by atoms with E-state index in [4.69, 9.17) is 27.9 Å². The van der Waals surface area contributed by atoms with Crippen molar-refractivity contribution in [2.24, 2.45) is 0 Å².